The molecule has 172 valence electrons. The van der Waals surface area contributed by atoms with Crippen LogP contribution < -0.4 is 0 Å². The van der Waals surface area contributed by atoms with Gasteiger partial charge in [0.1, 0.15) is 30.6 Å². The number of ether oxygens (including phenoxy) is 4. The number of aromatic nitrogens is 3. The van der Waals surface area contributed by atoms with E-state index in [4.69, 9.17) is 18.9 Å². The Hall–Kier alpha value is -3.31. The van der Waals surface area contributed by atoms with Crippen LogP contribution in [-0.4, -0.2) is 69.0 Å². The van der Waals surface area contributed by atoms with Crippen LogP contribution in [-0.2, 0) is 39.9 Å². The molecule has 5 atom stereocenters. The van der Waals surface area contributed by atoms with E-state index in [0.29, 0.717) is 11.3 Å². The highest BCUT2D eigenvalue weighted by molar-refractivity contribution is 5.68. The summed E-state index contributed by atoms with van der Waals surface area (Å²) in [5.74, 6) is -1.72. The van der Waals surface area contributed by atoms with Gasteiger partial charge in [0.15, 0.2) is 12.2 Å². The Kier molecular flexibility index (Phi) is 7.54. The van der Waals surface area contributed by atoms with Crippen LogP contribution in [0.4, 0.5) is 0 Å². The average molecular weight is 447 g/mol. The number of hydrogen-bond donors (Lipinski definition) is 1. The van der Waals surface area contributed by atoms with Gasteiger partial charge in [0.2, 0.25) is 0 Å². The highest BCUT2D eigenvalue weighted by Gasteiger charge is 2.49. The Balaban J connectivity index is 1.78. The van der Waals surface area contributed by atoms with Crippen LogP contribution in [0.1, 0.15) is 38.1 Å². The van der Waals surface area contributed by atoms with Crippen LogP contribution in [0.3, 0.4) is 0 Å². The smallest absolute Gasteiger partial charge is 0.303 e. The van der Waals surface area contributed by atoms with Crippen molar-refractivity contribution in [2.75, 3.05) is 6.61 Å². The molecule has 2 heterocycles. The molecule has 0 bridgehead atoms. The van der Waals surface area contributed by atoms with E-state index in [1.54, 1.807) is 30.5 Å². The molecule has 32 heavy (non-hydrogen) atoms. The van der Waals surface area contributed by atoms with Crippen LogP contribution in [0.2, 0.25) is 0 Å². The second-order valence-electron chi connectivity index (χ2n) is 7.34. The maximum Gasteiger partial charge on any atom is 0.303 e. The van der Waals surface area contributed by atoms with Gasteiger partial charge >= 0.3 is 17.9 Å². The zero-order chi connectivity index (χ0) is 23.3. The first-order valence-corrected chi connectivity index (χ1v) is 10.0. The summed E-state index contributed by atoms with van der Waals surface area (Å²) in [7, 11) is 0. The molecule has 0 saturated carbocycles. The van der Waals surface area contributed by atoms with Gasteiger partial charge in [0.05, 0.1) is 12.7 Å². The Labute approximate surface area is 184 Å². The first-order chi connectivity index (χ1) is 15.2. The van der Waals surface area contributed by atoms with Crippen molar-refractivity contribution >= 4 is 17.9 Å². The summed E-state index contributed by atoms with van der Waals surface area (Å²) in [5.41, 5.74) is 0.983. The number of hydrogen-bond acceptors (Lipinski definition) is 10. The minimum atomic E-state index is -0.973. The SMILES string of the molecule is CC(=O)OC[C@H]1O[C@@H](Cn2cc(C(O)c3ccccc3)nn2)[C@@H](OC(C)=O)[C@@H]1OC(C)=O. The van der Waals surface area contributed by atoms with E-state index < -0.39 is 48.4 Å². The standard InChI is InChI=1S/C21H25N3O8/c1-12(25)29-11-18-21(31-14(3)27)20(30-13(2)26)17(32-18)10-24-9-16(22-23-24)19(28)15-7-5-4-6-8-15/h4-9,17-21,28H,10-11H2,1-3H3/t17-,18+,19?,20+,21+/m0/s1. The molecule has 3 rings (SSSR count). The zero-order valence-corrected chi connectivity index (χ0v) is 17.9. The minimum absolute atomic E-state index is 0.0841. The molecule has 1 fully saturated rings. The summed E-state index contributed by atoms with van der Waals surface area (Å²) in [5, 5.41) is 18.5. The molecular formula is C21H25N3O8. The predicted octanol–water partition coefficient (Wildman–Crippen LogP) is 0.554. The molecule has 1 unspecified atom stereocenters. The topological polar surface area (TPSA) is 139 Å². The van der Waals surface area contributed by atoms with Crippen molar-refractivity contribution in [2.24, 2.45) is 0 Å². The summed E-state index contributed by atoms with van der Waals surface area (Å²) < 4.78 is 23.1. The molecule has 2 aromatic rings. The summed E-state index contributed by atoms with van der Waals surface area (Å²) >= 11 is 0. The fourth-order valence-corrected chi connectivity index (χ4v) is 3.47. The van der Waals surface area contributed by atoms with E-state index in [1.165, 1.54) is 25.5 Å². The lowest BCUT2D eigenvalue weighted by Gasteiger charge is -2.23. The van der Waals surface area contributed by atoms with Gasteiger partial charge in [0.25, 0.3) is 0 Å². The maximum atomic E-state index is 11.7. The number of benzene rings is 1. The average Bonchev–Trinajstić information content (AvgIpc) is 3.32. The third-order valence-corrected chi connectivity index (χ3v) is 4.78. The van der Waals surface area contributed by atoms with Crippen molar-refractivity contribution < 1.29 is 38.4 Å². The van der Waals surface area contributed by atoms with Gasteiger partial charge in [-0.1, -0.05) is 35.5 Å². The van der Waals surface area contributed by atoms with Crippen LogP contribution in [0.5, 0.6) is 0 Å². The van der Waals surface area contributed by atoms with Gasteiger partial charge in [-0.3, -0.25) is 14.4 Å². The van der Waals surface area contributed by atoms with E-state index >= 15 is 0 Å². The number of carbonyl (C=O) groups excluding carboxylic acids is 3. The van der Waals surface area contributed by atoms with E-state index in [2.05, 4.69) is 10.3 Å². The number of carbonyl (C=O) groups is 3. The van der Waals surface area contributed by atoms with Crippen molar-refractivity contribution in [3.05, 3.63) is 47.8 Å². The lowest BCUT2D eigenvalue weighted by Crippen LogP contribution is -2.42. The number of aliphatic hydroxyl groups is 1. The molecule has 1 aromatic carbocycles. The number of rotatable bonds is 8. The summed E-state index contributed by atoms with van der Waals surface area (Å²) in [6, 6.07) is 8.98. The highest BCUT2D eigenvalue weighted by Crippen LogP contribution is 2.29. The Morgan fingerprint density at radius 2 is 1.66 bits per heavy atom. The number of nitrogens with zero attached hydrogens (tertiary/aromatic N) is 3. The largest absolute Gasteiger partial charge is 0.463 e. The third-order valence-electron chi connectivity index (χ3n) is 4.78. The molecule has 11 nitrogen and oxygen atoms in total. The molecule has 1 N–H and O–H groups in total. The molecule has 0 spiro atoms. The van der Waals surface area contributed by atoms with E-state index in [1.807, 2.05) is 6.07 Å². The van der Waals surface area contributed by atoms with Gasteiger partial charge in [-0.2, -0.15) is 0 Å². The molecule has 0 radical (unpaired) electrons. The fraction of sp³-hybridized carbons (Fsp3) is 0.476. The molecule has 1 aliphatic heterocycles. The van der Waals surface area contributed by atoms with E-state index in [0.717, 1.165) is 0 Å². The van der Waals surface area contributed by atoms with Crippen molar-refractivity contribution in [3.63, 3.8) is 0 Å². The number of aliphatic hydroxyl groups excluding tert-OH is 1. The summed E-state index contributed by atoms with van der Waals surface area (Å²) in [6.45, 7) is 3.59. The maximum absolute atomic E-state index is 11.7. The van der Waals surface area contributed by atoms with Crippen LogP contribution in [0.25, 0.3) is 0 Å². The Morgan fingerprint density at radius 3 is 2.25 bits per heavy atom. The molecular weight excluding hydrogens is 422 g/mol. The van der Waals surface area contributed by atoms with Crippen LogP contribution >= 0.6 is 0 Å². The minimum Gasteiger partial charge on any atom is -0.463 e. The molecule has 0 amide bonds. The normalized spacial score (nSPS) is 23.4. The van der Waals surface area contributed by atoms with Gasteiger partial charge in [-0.15, -0.1) is 5.10 Å². The molecule has 1 saturated heterocycles. The van der Waals surface area contributed by atoms with Gasteiger partial charge < -0.3 is 24.1 Å². The second kappa shape index (κ2) is 10.3. The first-order valence-electron chi connectivity index (χ1n) is 10.0. The van der Waals surface area contributed by atoms with Gasteiger partial charge in [-0.05, 0) is 5.56 Å². The van der Waals surface area contributed by atoms with Crippen molar-refractivity contribution in [1.82, 2.24) is 15.0 Å². The van der Waals surface area contributed by atoms with Crippen molar-refractivity contribution in [3.8, 4) is 0 Å². The molecule has 1 aliphatic rings. The second-order valence-corrected chi connectivity index (χ2v) is 7.34. The molecule has 1 aromatic heterocycles. The fourth-order valence-electron chi connectivity index (χ4n) is 3.47. The summed E-state index contributed by atoms with van der Waals surface area (Å²) in [4.78, 5) is 34.5. The first kappa shape index (κ1) is 23.4. The van der Waals surface area contributed by atoms with Crippen molar-refractivity contribution in [1.29, 1.82) is 0 Å². The third kappa shape index (κ3) is 5.89. The van der Waals surface area contributed by atoms with Crippen LogP contribution in [0.15, 0.2) is 36.5 Å². The van der Waals surface area contributed by atoms with Crippen molar-refractivity contribution in [2.45, 2.75) is 57.8 Å². The highest BCUT2D eigenvalue weighted by atomic mass is 16.6. The van der Waals surface area contributed by atoms with E-state index in [-0.39, 0.29) is 13.2 Å². The van der Waals surface area contributed by atoms with E-state index in [9.17, 15) is 19.5 Å². The lowest BCUT2D eigenvalue weighted by molar-refractivity contribution is -0.165. The monoisotopic (exact) mass is 447 g/mol. The molecule has 0 aliphatic carbocycles. The van der Waals surface area contributed by atoms with Gasteiger partial charge in [-0.25, -0.2) is 4.68 Å². The predicted molar refractivity (Wildman–Crippen MR) is 107 cm³/mol. The summed E-state index contributed by atoms with van der Waals surface area (Å²) in [6.07, 6.45) is -2.96. The molecule has 11 heteroatoms. The number of esters is 3. The van der Waals surface area contributed by atoms with Crippen LogP contribution in [0, 0.1) is 0 Å². The van der Waals surface area contributed by atoms with Gasteiger partial charge in [0, 0.05) is 20.8 Å². The lowest BCUT2D eigenvalue weighted by atomic mass is 10.1. The zero-order valence-electron chi connectivity index (χ0n) is 17.9. The quantitative estimate of drug-likeness (QED) is 0.451. The Bertz CT molecular complexity index is 948. The Morgan fingerprint density at radius 1 is 1.03 bits per heavy atom.